The predicted octanol–water partition coefficient (Wildman–Crippen LogP) is 3.33. The maximum Gasteiger partial charge on any atom is 0.266 e. The van der Waals surface area contributed by atoms with Crippen molar-refractivity contribution in [3.05, 3.63) is 59.0 Å². The van der Waals surface area contributed by atoms with E-state index in [0.29, 0.717) is 28.0 Å². The minimum Gasteiger partial charge on any atom is -0.497 e. The molecule has 2 amide bonds. The normalized spacial score (nSPS) is 15.4. The summed E-state index contributed by atoms with van der Waals surface area (Å²) in [5.74, 6) is 0.805. The van der Waals surface area contributed by atoms with E-state index in [1.807, 2.05) is 24.4 Å². The van der Waals surface area contributed by atoms with Crippen LogP contribution in [0.5, 0.6) is 5.75 Å². The SMILES string of the molecule is COc1ccc2c(CCNC(=O)CN3C(=O)C(=Cc4ccco4)SC3=S)c[nH]c2c1. The number of benzene rings is 1. The van der Waals surface area contributed by atoms with E-state index in [1.54, 1.807) is 25.3 Å². The molecule has 3 heterocycles. The monoisotopic (exact) mass is 441 g/mol. The van der Waals surface area contributed by atoms with Gasteiger partial charge in [-0.15, -0.1) is 0 Å². The average Bonchev–Trinajstić information content (AvgIpc) is 3.45. The number of carbonyl (C=O) groups excluding carboxylic acids is 2. The fraction of sp³-hybridized carbons (Fsp3) is 0.190. The van der Waals surface area contributed by atoms with Gasteiger partial charge in [-0.1, -0.05) is 24.0 Å². The van der Waals surface area contributed by atoms with Gasteiger partial charge in [0, 0.05) is 35.8 Å². The molecule has 0 aliphatic carbocycles. The van der Waals surface area contributed by atoms with Crippen LogP contribution >= 0.6 is 24.0 Å². The Balaban J connectivity index is 1.32. The largest absolute Gasteiger partial charge is 0.497 e. The minimum atomic E-state index is -0.290. The Morgan fingerprint density at radius 2 is 2.27 bits per heavy atom. The van der Waals surface area contributed by atoms with E-state index in [9.17, 15) is 9.59 Å². The van der Waals surface area contributed by atoms with Crippen molar-refractivity contribution >= 4 is 57.1 Å². The third-order valence-corrected chi connectivity index (χ3v) is 6.06. The number of thioether (sulfide) groups is 1. The number of aromatic nitrogens is 1. The summed E-state index contributed by atoms with van der Waals surface area (Å²) in [5.41, 5.74) is 2.08. The van der Waals surface area contributed by atoms with Crippen LogP contribution in [-0.4, -0.2) is 46.2 Å². The molecule has 1 saturated heterocycles. The van der Waals surface area contributed by atoms with Crippen LogP contribution in [0.1, 0.15) is 11.3 Å². The third kappa shape index (κ3) is 4.27. The smallest absolute Gasteiger partial charge is 0.266 e. The number of hydrogen-bond donors (Lipinski definition) is 2. The molecule has 0 spiro atoms. The molecule has 1 aliphatic rings. The maximum atomic E-state index is 12.6. The van der Waals surface area contributed by atoms with Crippen molar-refractivity contribution in [3.8, 4) is 5.75 Å². The van der Waals surface area contributed by atoms with E-state index >= 15 is 0 Å². The molecule has 2 aromatic heterocycles. The Morgan fingerprint density at radius 1 is 1.40 bits per heavy atom. The lowest BCUT2D eigenvalue weighted by molar-refractivity contribution is -0.128. The lowest BCUT2D eigenvalue weighted by Gasteiger charge is -2.14. The summed E-state index contributed by atoms with van der Waals surface area (Å²) in [6, 6.07) is 9.32. The van der Waals surface area contributed by atoms with Crippen LogP contribution in [0.15, 0.2) is 52.1 Å². The highest BCUT2D eigenvalue weighted by molar-refractivity contribution is 8.26. The van der Waals surface area contributed by atoms with Crippen LogP contribution in [0, 0.1) is 0 Å². The van der Waals surface area contributed by atoms with Crippen LogP contribution in [0.4, 0.5) is 0 Å². The first-order valence-electron chi connectivity index (χ1n) is 9.24. The Morgan fingerprint density at radius 3 is 3.03 bits per heavy atom. The van der Waals surface area contributed by atoms with E-state index in [0.717, 1.165) is 34.0 Å². The molecule has 0 radical (unpaired) electrons. The van der Waals surface area contributed by atoms with E-state index in [1.165, 1.54) is 11.2 Å². The van der Waals surface area contributed by atoms with E-state index in [4.69, 9.17) is 21.4 Å². The fourth-order valence-corrected chi connectivity index (χ4v) is 4.41. The quantitative estimate of drug-likeness (QED) is 0.432. The Hall–Kier alpha value is -3.04. The molecule has 4 rings (SSSR count). The van der Waals surface area contributed by atoms with E-state index < -0.39 is 0 Å². The van der Waals surface area contributed by atoms with Crippen LogP contribution < -0.4 is 10.1 Å². The lowest BCUT2D eigenvalue weighted by atomic mass is 10.1. The molecule has 9 heteroatoms. The molecule has 1 fully saturated rings. The van der Waals surface area contributed by atoms with Crippen molar-refractivity contribution in [2.45, 2.75) is 6.42 Å². The van der Waals surface area contributed by atoms with Gasteiger partial charge in [0.2, 0.25) is 5.91 Å². The number of furan rings is 1. The first kappa shape index (κ1) is 20.2. The number of hydrogen-bond acceptors (Lipinski definition) is 6. The number of nitrogens with one attached hydrogen (secondary N) is 2. The minimum absolute atomic E-state index is 0.106. The molecule has 0 bridgehead atoms. The van der Waals surface area contributed by atoms with Gasteiger partial charge in [0.25, 0.3) is 5.91 Å². The molecule has 2 N–H and O–H groups in total. The van der Waals surface area contributed by atoms with Crippen molar-refractivity contribution in [1.82, 2.24) is 15.2 Å². The van der Waals surface area contributed by atoms with Crippen LogP contribution in [-0.2, 0) is 16.0 Å². The molecule has 1 aromatic carbocycles. The molecule has 7 nitrogen and oxygen atoms in total. The lowest BCUT2D eigenvalue weighted by Crippen LogP contribution is -2.40. The van der Waals surface area contributed by atoms with Gasteiger partial charge in [-0.05, 0) is 36.2 Å². The molecule has 30 heavy (non-hydrogen) atoms. The number of carbonyl (C=O) groups is 2. The second kappa shape index (κ2) is 8.76. The number of H-pyrrole nitrogens is 1. The molecule has 0 atom stereocenters. The van der Waals surface area contributed by atoms with Gasteiger partial charge < -0.3 is 19.5 Å². The Labute approximate surface area is 182 Å². The summed E-state index contributed by atoms with van der Waals surface area (Å²) >= 11 is 6.42. The van der Waals surface area contributed by atoms with Crippen LogP contribution in [0.25, 0.3) is 17.0 Å². The summed E-state index contributed by atoms with van der Waals surface area (Å²) < 4.78 is 10.8. The zero-order valence-electron chi connectivity index (χ0n) is 16.1. The first-order valence-corrected chi connectivity index (χ1v) is 10.5. The highest BCUT2D eigenvalue weighted by Gasteiger charge is 2.33. The van der Waals surface area contributed by atoms with E-state index in [-0.39, 0.29) is 18.4 Å². The van der Waals surface area contributed by atoms with Gasteiger partial charge in [-0.2, -0.15) is 0 Å². The van der Waals surface area contributed by atoms with Crippen molar-refractivity contribution in [1.29, 1.82) is 0 Å². The summed E-state index contributed by atoms with van der Waals surface area (Å²) in [6.45, 7) is 0.347. The highest BCUT2D eigenvalue weighted by atomic mass is 32.2. The molecular weight excluding hydrogens is 422 g/mol. The van der Waals surface area contributed by atoms with E-state index in [2.05, 4.69) is 10.3 Å². The molecular formula is C21H19N3O4S2. The van der Waals surface area contributed by atoms with Crippen LogP contribution in [0.2, 0.25) is 0 Å². The summed E-state index contributed by atoms with van der Waals surface area (Å²) in [7, 11) is 1.63. The second-order valence-electron chi connectivity index (χ2n) is 6.61. The molecule has 1 aliphatic heterocycles. The fourth-order valence-electron chi connectivity index (χ4n) is 3.17. The average molecular weight is 442 g/mol. The summed E-state index contributed by atoms with van der Waals surface area (Å²) in [6.07, 6.45) is 5.75. The second-order valence-corrected chi connectivity index (χ2v) is 8.28. The van der Waals surface area contributed by atoms with Crippen LogP contribution in [0.3, 0.4) is 0 Å². The number of thiocarbonyl (C=S) groups is 1. The van der Waals surface area contributed by atoms with Crippen molar-refractivity contribution in [3.63, 3.8) is 0 Å². The number of ether oxygens (including phenoxy) is 1. The zero-order valence-corrected chi connectivity index (χ0v) is 17.8. The number of amides is 2. The Bertz CT molecular complexity index is 1130. The summed E-state index contributed by atoms with van der Waals surface area (Å²) in [4.78, 5) is 29.9. The maximum absolute atomic E-state index is 12.6. The van der Waals surface area contributed by atoms with Crippen molar-refractivity contribution < 1.29 is 18.7 Å². The number of methoxy groups -OCH3 is 1. The Kier molecular flexibility index (Phi) is 5.91. The van der Waals surface area contributed by atoms with Gasteiger partial charge in [0.15, 0.2) is 0 Å². The molecule has 0 saturated carbocycles. The van der Waals surface area contributed by atoms with Crippen molar-refractivity contribution in [2.75, 3.05) is 20.2 Å². The molecule has 154 valence electrons. The summed E-state index contributed by atoms with van der Waals surface area (Å²) in [5, 5.41) is 3.95. The topological polar surface area (TPSA) is 87.6 Å². The third-order valence-electron chi connectivity index (χ3n) is 4.68. The predicted molar refractivity (Wildman–Crippen MR) is 120 cm³/mol. The van der Waals surface area contributed by atoms with Gasteiger partial charge in [0.1, 0.15) is 22.4 Å². The standard InChI is InChI=1S/C21H19N3O4S2/c1-27-14-4-5-16-13(11-23-17(16)9-14)6-7-22-19(25)12-24-20(26)18(30-21(24)29)10-15-3-2-8-28-15/h2-5,8-11,23H,6-7,12H2,1H3,(H,22,25). The number of fused-ring (bicyclic) bond motifs is 1. The highest BCUT2D eigenvalue weighted by Crippen LogP contribution is 2.32. The van der Waals surface area contributed by atoms with Crippen molar-refractivity contribution in [2.24, 2.45) is 0 Å². The molecule has 3 aromatic rings. The number of nitrogens with zero attached hydrogens (tertiary/aromatic N) is 1. The van der Waals surface area contributed by atoms with Gasteiger partial charge in [-0.3, -0.25) is 14.5 Å². The first-order chi connectivity index (χ1) is 14.5. The van der Waals surface area contributed by atoms with Gasteiger partial charge >= 0.3 is 0 Å². The van der Waals surface area contributed by atoms with Gasteiger partial charge in [-0.25, -0.2) is 0 Å². The molecule has 0 unspecified atom stereocenters. The van der Waals surface area contributed by atoms with Gasteiger partial charge in [0.05, 0.1) is 18.3 Å². The number of aromatic amines is 1. The number of rotatable bonds is 7. The zero-order chi connectivity index (χ0) is 21.1.